The lowest BCUT2D eigenvalue weighted by molar-refractivity contribution is -0.608. The van der Waals surface area contributed by atoms with E-state index < -0.39 is 0 Å². The molecule has 0 radical (unpaired) electrons. The minimum Gasteiger partial charge on any atom is -1.00 e. The first-order valence-corrected chi connectivity index (χ1v) is 12.7. The summed E-state index contributed by atoms with van der Waals surface area (Å²) in [4.78, 5) is 29.0. The average molecular weight is 515 g/mol. The molecule has 1 heterocycles. The number of carbonyl (C=O) groups excluding carboxylic acids is 2. The van der Waals surface area contributed by atoms with Crippen LogP contribution in [0.2, 0.25) is 0 Å². The number of pyridine rings is 1. The van der Waals surface area contributed by atoms with Gasteiger partial charge in [-0.1, -0.05) is 58.0 Å². The summed E-state index contributed by atoms with van der Waals surface area (Å²) in [5.41, 5.74) is 7.11. The van der Waals surface area contributed by atoms with Crippen LogP contribution in [-0.2, 0) is 6.42 Å². The number of carbonyl (C=O) groups is 2. The largest absolute Gasteiger partial charge is 1.00 e. The third-order valence-electron chi connectivity index (χ3n) is 7.56. The Morgan fingerprint density at radius 2 is 1.43 bits per heavy atom. The SMILES string of the molecule is CN(C)c1ccc(/C=C2/c3c(cc4c([n+]3-c3ccccc3)CC(C)(C)CC4=O)C(=O)CC2(C)C)cc1.[Cl-]. The maximum Gasteiger partial charge on any atom is 0.226 e. The highest BCUT2D eigenvalue weighted by atomic mass is 35.5. The van der Waals surface area contributed by atoms with E-state index in [2.05, 4.69) is 79.6 Å². The Hall–Kier alpha value is -3.24. The molecule has 0 saturated heterocycles. The minimum absolute atomic E-state index is 0. The first kappa shape index (κ1) is 26.8. The van der Waals surface area contributed by atoms with Gasteiger partial charge in [0.2, 0.25) is 11.4 Å². The van der Waals surface area contributed by atoms with E-state index in [0.717, 1.165) is 40.3 Å². The summed E-state index contributed by atoms with van der Waals surface area (Å²) in [6, 6.07) is 20.6. The monoisotopic (exact) mass is 514 g/mol. The van der Waals surface area contributed by atoms with Gasteiger partial charge in [-0.15, -0.1) is 0 Å². The van der Waals surface area contributed by atoms with Crippen LogP contribution in [0, 0.1) is 10.8 Å². The Morgan fingerprint density at radius 3 is 2.05 bits per heavy atom. The summed E-state index contributed by atoms with van der Waals surface area (Å²) >= 11 is 0. The Labute approximate surface area is 226 Å². The van der Waals surface area contributed by atoms with Crippen LogP contribution in [0.5, 0.6) is 0 Å². The molecule has 4 nitrogen and oxygen atoms in total. The van der Waals surface area contributed by atoms with E-state index in [0.29, 0.717) is 24.0 Å². The Kier molecular flexibility index (Phi) is 6.94. The zero-order valence-corrected chi connectivity index (χ0v) is 23.3. The number of ketones is 2. The minimum atomic E-state index is -0.358. The fourth-order valence-corrected chi connectivity index (χ4v) is 5.68. The first-order valence-electron chi connectivity index (χ1n) is 12.7. The molecule has 5 heteroatoms. The van der Waals surface area contributed by atoms with Crippen molar-refractivity contribution in [3.63, 3.8) is 0 Å². The number of hydrogen-bond donors (Lipinski definition) is 0. The number of nitrogens with zero attached hydrogens (tertiary/aromatic N) is 2. The number of allylic oxidation sites excluding steroid dienone is 1. The maximum absolute atomic E-state index is 13.6. The number of rotatable bonds is 3. The number of hydrogen-bond acceptors (Lipinski definition) is 3. The van der Waals surface area contributed by atoms with Crippen molar-refractivity contribution in [2.24, 2.45) is 10.8 Å². The molecular formula is C32H35ClN2O2. The van der Waals surface area contributed by atoms with Crippen molar-refractivity contribution in [2.75, 3.05) is 19.0 Å². The van der Waals surface area contributed by atoms with E-state index >= 15 is 0 Å². The first-order chi connectivity index (χ1) is 17.0. The number of benzene rings is 2. The highest BCUT2D eigenvalue weighted by molar-refractivity contribution is 6.08. The lowest BCUT2D eigenvalue weighted by Gasteiger charge is -2.34. The Morgan fingerprint density at radius 1 is 0.811 bits per heavy atom. The van der Waals surface area contributed by atoms with E-state index in [1.54, 1.807) is 0 Å². The van der Waals surface area contributed by atoms with Gasteiger partial charge in [0.05, 0.1) is 11.1 Å². The molecular weight excluding hydrogens is 480 g/mol. The standard InChI is InChI=1S/C32H35N2O2.ClH/c1-31(2)18-27-24(28(35)19-31)17-25-29(36)20-32(3,4)26(16-21-12-14-22(15-13-21)33(5)6)30(25)34(27)23-10-8-7-9-11-23;/h7-17H,18-20H2,1-6H3;1H/q+1;/p-1. The van der Waals surface area contributed by atoms with Gasteiger partial charge >= 0.3 is 0 Å². The number of anilines is 1. The van der Waals surface area contributed by atoms with Gasteiger partial charge in [0.1, 0.15) is 0 Å². The molecule has 5 rings (SSSR count). The van der Waals surface area contributed by atoms with E-state index in [4.69, 9.17) is 0 Å². The molecule has 2 aliphatic rings. The van der Waals surface area contributed by atoms with Gasteiger partial charge in [-0.3, -0.25) is 9.59 Å². The molecule has 0 atom stereocenters. The molecule has 0 spiro atoms. The fourth-order valence-electron chi connectivity index (χ4n) is 5.68. The third kappa shape index (κ3) is 4.87. The summed E-state index contributed by atoms with van der Waals surface area (Å²) in [7, 11) is 4.07. The van der Waals surface area contributed by atoms with Crippen molar-refractivity contribution in [3.05, 3.63) is 88.7 Å². The molecule has 37 heavy (non-hydrogen) atoms. The van der Waals surface area contributed by atoms with Crippen LogP contribution < -0.4 is 21.9 Å². The zero-order chi connectivity index (χ0) is 25.8. The summed E-state index contributed by atoms with van der Waals surface area (Å²) in [6.07, 6.45) is 3.91. The average Bonchev–Trinajstić information content (AvgIpc) is 2.80. The molecule has 0 amide bonds. The van der Waals surface area contributed by atoms with Crippen LogP contribution in [0.15, 0.2) is 60.7 Å². The van der Waals surface area contributed by atoms with E-state index in [-0.39, 0.29) is 34.8 Å². The highest BCUT2D eigenvalue weighted by Crippen LogP contribution is 2.46. The van der Waals surface area contributed by atoms with Crippen LogP contribution >= 0.6 is 0 Å². The van der Waals surface area contributed by atoms with Gasteiger partial charge in [0.25, 0.3) is 0 Å². The number of Topliss-reactive ketones (excluding diaryl/α,β-unsaturated/α-hetero) is 2. The predicted molar refractivity (Wildman–Crippen MR) is 146 cm³/mol. The molecule has 1 aromatic heterocycles. The van der Waals surface area contributed by atoms with Gasteiger partial charge in [0.15, 0.2) is 17.3 Å². The second-order valence-corrected chi connectivity index (χ2v) is 11.9. The maximum atomic E-state index is 13.6. The second-order valence-electron chi connectivity index (χ2n) is 11.9. The van der Waals surface area contributed by atoms with Crippen LogP contribution in [0.1, 0.15) is 78.2 Å². The number of aromatic nitrogens is 1. The van der Waals surface area contributed by atoms with Gasteiger partial charge in [0, 0.05) is 62.2 Å². The molecule has 0 N–H and O–H groups in total. The molecule has 0 bridgehead atoms. The number of fused-ring (bicyclic) bond motifs is 2. The molecule has 2 aliphatic carbocycles. The van der Waals surface area contributed by atoms with Crippen molar-refractivity contribution >= 4 is 28.9 Å². The summed E-state index contributed by atoms with van der Waals surface area (Å²) in [5.74, 6) is 0.219. The highest BCUT2D eigenvalue weighted by Gasteiger charge is 2.46. The van der Waals surface area contributed by atoms with Crippen LogP contribution in [-0.4, -0.2) is 25.7 Å². The molecule has 0 fully saturated rings. The lowest BCUT2D eigenvalue weighted by Crippen LogP contribution is -3.00. The van der Waals surface area contributed by atoms with Crippen LogP contribution in [0.25, 0.3) is 17.3 Å². The van der Waals surface area contributed by atoms with Gasteiger partial charge in [-0.25, -0.2) is 0 Å². The lowest BCUT2D eigenvalue weighted by atomic mass is 9.69. The molecule has 3 aromatic rings. The van der Waals surface area contributed by atoms with E-state index in [9.17, 15) is 9.59 Å². The normalized spacial score (nSPS) is 18.6. The molecule has 0 saturated carbocycles. The van der Waals surface area contributed by atoms with Crippen molar-refractivity contribution in [1.29, 1.82) is 0 Å². The quantitative estimate of drug-likeness (QED) is 0.503. The zero-order valence-electron chi connectivity index (χ0n) is 22.6. The summed E-state index contributed by atoms with van der Waals surface area (Å²) in [6.45, 7) is 8.61. The van der Waals surface area contributed by atoms with Crippen molar-refractivity contribution in [2.45, 2.75) is 47.0 Å². The number of para-hydroxylation sites is 1. The van der Waals surface area contributed by atoms with Crippen LogP contribution in [0.3, 0.4) is 0 Å². The van der Waals surface area contributed by atoms with Crippen molar-refractivity contribution < 1.29 is 26.6 Å². The summed E-state index contributed by atoms with van der Waals surface area (Å²) in [5, 5.41) is 0. The second kappa shape index (κ2) is 9.57. The molecule has 2 aromatic carbocycles. The Bertz CT molecular complexity index is 1400. The van der Waals surface area contributed by atoms with Crippen molar-refractivity contribution in [3.8, 4) is 5.69 Å². The third-order valence-corrected chi connectivity index (χ3v) is 7.56. The molecule has 192 valence electrons. The van der Waals surface area contributed by atoms with E-state index in [1.165, 1.54) is 0 Å². The number of halogens is 1. The summed E-state index contributed by atoms with van der Waals surface area (Å²) < 4.78 is 2.21. The fraction of sp³-hybridized carbons (Fsp3) is 0.344. The predicted octanol–water partition coefficient (Wildman–Crippen LogP) is 3.34. The smallest absolute Gasteiger partial charge is 0.226 e. The molecule has 0 unspecified atom stereocenters. The van der Waals surface area contributed by atoms with E-state index in [1.807, 2.05) is 38.4 Å². The van der Waals surface area contributed by atoms with Gasteiger partial charge in [-0.2, -0.15) is 4.57 Å². The van der Waals surface area contributed by atoms with Crippen molar-refractivity contribution in [1.82, 2.24) is 0 Å². The molecule has 0 aliphatic heterocycles. The van der Waals surface area contributed by atoms with Gasteiger partial charge in [-0.05, 0) is 35.3 Å². The Balaban J connectivity index is 0.00000320. The topological polar surface area (TPSA) is 41.3 Å². The van der Waals surface area contributed by atoms with Crippen LogP contribution in [0.4, 0.5) is 5.69 Å². The van der Waals surface area contributed by atoms with Gasteiger partial charge < -0.3 is 17.3 Å².